The quantitative estimate of drug-likeness (QED) is 0.354. The maximum Gasteiger partial charge on any atom is 0.287 e. The van der Waals surface area contributed by atoms with Gasteiger partial charge in [-0.05, 0) is 48.0 Å². The van der Waals surface area contributed by atoms with Crippen LogP contribution in [-0.2, 0) is 4.79 Å². The van der Waals surface area contributed by atoms with Crippen LogP contribution in [0.15, 0.2) is 89.8 Å². The Morgan fingerprint density at radius 1 is 0.935 bits per heavy atom. The molecule has 1 aromatic heterocycles. The summed E-state index contributed by atoms with van der Waals surface area (Å²) in [7, 11) is 3.90. The number of hydrazone groups is 1. The van der Waals surface area contributed by atoms with Crippen molar-refractivity contribution < 1.29 is 9.59 Å². The Hall–Kier alpha value is -4.26. The molecule has 0 atom stereocenters. The molecule has 0 aliphatic rings. The number of amides is 2. The molecule has 0 fully saturated rings. The summed E-state index contributed by atoms with van der Waals surface area (Å²) in [4.78, 5) is 31.4. The first-order chi connectivity index (χ1) is 15.0. The summed E-state index contributed by atoms with van der Waals surface area (Å²) in [6.07, 6.45) is 4.66. The van der Waals surface area contributed by atoms with Gasteiger partial charge >= 0.3 is 0 Å². The van der Waals surface area contributed by atoms with E-state index in [2.05, 4.69) is 20.8 Å². The molecule has 7 heteroatoms. The number of nitrogens with zero attached hydrogens (tertiary/aromatic N) is 3. The molecule has 7 nitrogen and oxygen atoms in total. The van der Waals surface area contributed by atoms with Crippen molar-refractivity contribution in [2.75, 3.05) is 19.0 Å². The van der Waals surface area contributed by atoms with Crippen LogP contribution in [0, 0.1) is 0 Å². The molecule has 0 unspecified atom stereocenters. The number of anilines is 1. The minimum absolute atomic E-state index is 0.0737. The van der Waals surface area contributed by atoms with Crippen molar-refractivity contribution in [3.05, 3.63) is 102 Å². The fraction of sp³-hybridized carbons (Fsp3) is 0.0833. The second-order valence-corrected chi connectivity index (χ2v) is 6.82. The zero-order valence-corrected chi connectivity index (χ0v) is 17.3. The first-order valence-electron chi connectivity index (χ1n) is 9.63. The van der Waals surface area contributed by atoms with Crippen molar-refractivity contribution in [3.8, 4) is 0 Å². The third kappa shape index (κ3) is 6.37. The van der Waals surface area contributed by atoms with E-state index in [0.717, 1.165) is 11.3 Å². The van der Waals surface area contributed by atoms with Crippen LogP contribution in [0.4, 0.5) is 5.69 Å². The Morgan fingerprint density at radius 2 is 1.65 bits per heavy atom. The SMILES string of the molecule is CN(C)c1ccc(/C=C(\NC(=O)c2ccccc2)C(=O)N/N=C\c2ccccn2)cc1. The molecule has 1 heterocycles. The van der Waals surface area contributed by atoms with Crippen molar-refractivity contribution in [1.29, 1.82) is 0 Å². The molecule has 0 bridgehead atoms. The van der Waals surface area contributed by atoms with Crippen LogP contribution in [0.1, 0.15) is 21.6 Å². The number of hydrogen-bond acceptors (Lipinski definition) is 5. The van der Waals surface area contributed by atoms with E-state index >= 15 is 0 Å². The fourth-order valence-electron chi connectivity index (χ4n) is 2.65. The number of benzene rings is 2. The monoisotopic (exact) mass is 413 g/mol. The predicted molar refractivity (Wildman–Crippen MR) is 123 cm³/mol. The number of aromatic nitrogens is 1. The second-order valence-electron chi connectivity index (χ2n) is 6.82. The maximum absolute atomic E-state index is 12.7. The second kappa shape index (κ2) is 10.5. The zero-order chi connectivity index (χ0) is 22.1. The van der Waals surface area contributed by atoms with E-state index in [9.17, 15) is 9.59 Å². The lowest BCUT2D eigenvalue weighted by Crippen LogP contribution is -2.32. The summed E-state index contributed by atoms with van der Waals surface area (Å²) >= 11 is 0. The van der Waals surface area contributed by atoms with Crippen LogP contribution < -0.4 is 15.6 Å². The average molecular weight is 413 g/mol. The summed E-state index contributed by atoms with van der Waals surface area (Å²) < 4.78 is 0. The van der Waals surface area contributed by atoms with Gasteiger partial charge in [-0.3, -0.25) is 14.6 Å². The third-order valence-electron chi connectivity index (χ3n) is 4.30. The van der Waals surface area contributed by atoms with E-state index in [-0.39, 0.29) is 11.6 Å². The minimum Gasteiger partial charge on any atom is -0.378 e. The van der Waals surface area contributed by atoms with Crippen LogP contribution in [-0.4, -0.2) is 37.1 Å². The topological polar surface area (TPSA) is 86.7 Å². The minimum atomic E-state index is -0.548. The molecule has 0 saturated heterocycles. The van der Waals surface area contributed by atoms with Crippen LogP contribution >= 0.6 is 0 Å². The standard InChI is InChI=1S/C24H23N5O2/c1-29(2)21-13-11-18(12-14-21)16-22(27-23(30)19-8-4-3-5-9-19)24(31)28-26-17-20-10-6-7-15-25-20/h3-17H,1-2H3,(H,27,30)(H,28,31)/b22-16-,26-17-. The molecule has 3 rings (SSSR count). The zero-order valence-electron chi connectivity index (χ0n) is 17.3. The summed E-state index contributed by atoms with van der Waals surface area (Å²) in [6.45, 7) is 0. The van der Waals surface area contributed by atoms with Gasteiger partial charge in [0.25, 0.3) is 11.8 Å². The van der Waals surface area contributed by atoms with Gasteiger partial charge in [-0.2, -0.15) is 5.10 Å². The van der Waals surface area contributed by atoms with Gasteiger partial charge in [0.2, 0.25) is 0 Å². The lowest BCUT2D eigenvalue weighted by molar-refractivity contribution is -0.117. The van der Waals surface area contributed by atoms with Gasteiger partial charge in [-0.25, -0.2) is 5.43 Å². The number of rotatable bonds is 7. The number of carbonyl (C=O) groups excluding carboxylic acids is 2. The number of pyridine rings is 1. The molecule has 0 aliphatic carbocycles. The van der Waals surface area contributed by atoms with E-state index in [1.165, 1.54) is 6.21 Å². The molecule has 0 radical (unpaired) electrons. The van der Waals surface area contributed by atoms with Gasteiger partial charge < -0.3 is 10.2 Å². The third-order valence-corrected chi connectivity index (χ3v) is 4.30. The highest BCUT2D eigenvalue weighted by molar-refractivity contribution is 6.05. The molecular weight excluding hydrogens is 390 g/mol. The van der Waals surface area contributed by atoms with E-state index in [0.29, 0.717) is 11.3 Å². The summed E-state index contributed by atoms with van der Waals surface area (Å²) in [5.74, 6) is -0.936. The lowest BCUT2D eigenvalue weighted by Gasteiger charge is -2.12. The molecule has 0 spiro atoms. The average Bonchev–Trinajstić information content (AvgIpc) is 2.80. The molecule has 0 saturated carbocycles. The van der Waals surface area contributed by atoms with Crippen LogP contribution in [0.3, 0.4) is 0 Å². The summed E-state index contributed by atoms with van der Waals surface area (Å²) in [5.41, 5.74) is 5.34. The first kappa shape index (κ1) is 21.4. The van der Waals surface area contributed by atoms with Crippen LogP contribution in [0.25, 0.3) is 6.08 Å². The molecule has 2 aromatic carbocycles. The van der Waals surface area contributed by atoms with Gasteiger partial charge in [0.1, 0.15) is 5.70 Å². The van der Waals surface area contributed by atoms with Gasteiger partial charge in [0.15, 0.2) is 0 Å². The predicted octanol–water partition coefficient (Wildman–Crippen LogP) is 3.07. The Balaban J connectivity index is 1.81. The molecule has 2 N–H and O–H groups in total. The Bertz CT molecular complexity index is 1080. The van der Waals surface area contributed by atoms with E-state index in [1.807, 2.05) is 55.4 Å². The Morgan fingerprint density at radius 3 is 2.29 bits per heavy atom. The normalized spacial score (nSPS) is 11.2. The highest BCUT2D eigenvalue weighted by Crippen LogP contribution is 2.14. The van der Waals surface area contributed by atoms with Crippen molar-refractivity contribution in [2.24, 2.45) is 5.10 Å². The van der Waals surface area contributed by atoms with Crippen LogP contribution in [0.5, 0.6) is 0 Å². The number of nitrogens with one attached hydrogen (secondary N) is 2. The van der Waals surface area contributed by atoms with E-state index in [1.54, 1.807) is 48.7 Å². The number of hydrogen-bond donors (Lipinski definition) is 2. The molecular formula is C24H23N5O2. The summed E-state index contributed by atoms with van der Waals surface area (Å²) in [6, 6.07) is 21.7. The fourth-order valence-corrected chi connectivity index (χ4v) is 2.65. The van der Waals surface area contributed by atoms with E-state index < -0.39 is 5.91 Å². The first-order valence-corrected chi connectivity index (χ1v) is 9.63. The van der Waals surface area contributed by atoms with Gasteiger partial charge in [-0.1, -0.05) is 36.4 Å². The molecule has 156 valence electrons. The largest absolute Gasteiger partial charge is 0.378 e. The number of carbonyl (C=O) groups is 2. The van der Waals surface area contributed by atoms with E-state index in [4.69, 9.17) is 0 Å². The van der Waals surface area contributed by atoms with Crippen molar-refractivity contribution in [2.45, 2.75) is 0 Å². The Kier molecular flexibility index (Phi) is 7.26. The van der Waals surface area contributed by atoms with Crippen molar-refractivity contribution in [1.82, 2.24) is 15.7 Å². The highest BCUT2D eigenvalue weighted by Gasteiger charge is 2.14. The smallest absolute Gasteiger partial charge is 0.287 e. The molecule has 2 amide bonds. The lowest BCUT2D eigenvalue weighted by atomic mass is 10.1. The van der Waals surface area contributed by atoms with Crippen molar-refractivity contribution in [3.63, 3.8) is 0 Å². The van der Waals surface area contributed by atoms with Gasteiger partial charge in [-0.15, -0.1) is 0 Å². The Labute approximate surface area is 181 Å². The molecule has 31 heavy (non-hydrogen) atoms. The molecule has 3 aromatic rings. The summed E-state index contributed by atoms with van der Waals surface area (Å²) in [5, 5.41) is 6.61. The van der Waals surface area contributed by atoms with Gasteiger partial charge in [0.05, 0.1) is 11.9 Å². The van der Waals surface area contributed by atoms with Crippen molar-refractivity contribution >= 4 is 29.8 Å². The van der Waals surface area contributed by atoms with Crippen LogP contribution in [0.2, 0.25) is 0 Å². The molecule has 0 aliphatic heterocycles. The maximum atomic E-state index is 12.7. The highest BCUT2D eigenvalue weighted by atomic mass is 16.2. The van der Waals surface area contributed by atoms with Gasteiger partial charge in [0, 0.05) is 31.5 Å².